The van der Waals surface area contributed by atoms with Crippen molar-refractivity contribution in [3.8, 4) is 16.9 Å². The smallest absolute Gasteiger partial charge is 0.227 e. The van der Waals surface area contributed by atoms with E-state index in [9.17, 15) is 9.59 Å². The van der Waals surface area contributed by atoms with Gasteiger partial charge in [0.15, 0.2) is 0 Å². The topological polar surface area (TPSA) is 72.6 Å². The summed E-state index contributed by atoms with van der Waals surface area (Å²) in [6.45, 7) is 1.05. The summed E-state index contributed by atoms with van der Waals surface area (Å²) >= 11 is 0. The molecule has 2 N–H and O–H groups in total. The SMILES string of the molecule is COc1ccccc1CC(=O)N1CCC(Cc2cccc(-c3ccccc3)c2)(C(N)=O)CC1. The van der Waals surface area contributed by atoms with Gasteiger partial charge in [-0.05, 0) is 42.0 Å². The first-order valence-corrected chi connectivity index (χ1v) is 11.3. The summed E-state index contributed by atoms with van der Waals surface area (Å²) in [4.78, 5) is 27.4. The van der Waals surface area contributed by atoms with Crippen molar-refractivity contribution in [2.24, 2.45) is 11.1 Å². The minimum atomic E-state index is -0.642. The number of likely N-dealkylation sites (tertiary alicyclic amines) is 1. The molecule has 1 aliphatic rings. The van der Waals surface area contributed by atoms with E-state index in [0.29, 0.717) is 38.1 Å². The number of piperidine rings is 1. The molecular weight excluding hydrogens is 412 g/mol. The van der Waals surface area contributed by atoms with Crippen LogP contribution in [-0.2, 0) is 22.4 Å². The number of hydrogen-bond acceptors (Lipinski definition) is 3. The number of primary amides is 1. The maximum absolute atomic E-state index is 12.9. The molecule has 33 heavy (non-hydrogen) atoms. The zero-order chi connectivity index (χ0) is 23.3. The van der Waals surface area contributed by atoms with E-state index < -0.39 is 5.41 Å². The van der Waals surface area contributed by atoms with E-state index in [4.69, 9.17) is 10.5 Å². The van der Waals surface area contributed by atoms with Gasteiger partial charge in [-0.15, -0.1) is 0 Å². The Hall–Kier alpha value is -3.60. The quantitative estimate of drug-likeness (QED) is 0.595. The van der Waals surface area contributed by atoms with Crippen molar-refractivity contribution < 1.29 is 14.3 Å². The highest BCUT2D eigenvalue weighted by molar-refractivity contribution is 5.83. The molecular formula is C28H30N2O3. The lowest BCUT2D eigenvalue weighted by molar-refractivity contribution is -0.138. The van der Waals surface area contributed by atoms with Gasteiger partial charge >= 0.3 is 0 Å². The van der Waals surface area contributed by atoms with Gasteiger partial charge in [0.1, 0.15) is 5.75 Å². The third-order valence-corrected chi connectivity index (χ3v) is 6.71. The highest BCUT2D eigenvalue weighted by Gasteiger charge is 2.41. The van der Waals surface area contributed by atoms with Gasteiger partial charge in [-0.25, -0.2) is 0 Å². The Labute approximate surface area is 195 Å². The molecule has 1 fully saturated rings. The molecule has 0 radical (unpaired) electrons. The number of benzene rings is 3. The molecule has 5 heteroatoms. The van der Waals surface area contributed by atoms with E-state index in [1.54, 1.807) is 7.11 Å². The lowest BCUT2D eigenvalue weighted by atomic mass is 9.73. The van der Waals surface area contributed by atoms with Crippen LogP contribution in [0.4, 0.5) is 0 Å². The number of ether oxygens (including phenoxy) is 1. The van der Waals surface area contributed by atoms with Crippen molar-refractivity contribution in [2.45, 2.75) is 25.7 Å². The van der Waals surface area contributed by atoms with Crippen molar-refractivity contribution >= 4 is 11.8 Å². The predicted molar refractivity (Wildman–Crippen MR) is 130 cm³/mol. The van der Waals surface area contributed by atoms with E-state index in [1.165, 1.54) is 0 Å². The van der Waals surface area contributed by atoms with Crippen molar-refractivity contribution in [3.63, 3.8) is 0 Å². The Balaban J connectivity index is 1.45. The zero-order valence-electron chi connectivity index (χ0n) is 19.0. The van der Waals surface area contributed by atoms with Crippen LogP contribution in [0.25, 0.3) is 11.1 Å². The van der Waals surface area contributed by atoms with Gasteiger partial charge in [-0.2, -0.15) is 0 Å². The summed E-state index contributed by atoms with van der Waals surface area (Å²) in [7, 11) is 1.61. The molecule has 5 nitrogen and oxygen atoms in total. The minimum Gasteiger partial charge on any atom is -0.496 e. The molecule has 0 atom stereocenters. The van der Waals surface area contributed by atoms with E-state index in [-0.39, 0.29) is 18.2 Å². The Bertz CT molecular complexity index is 1120. The van der Waals surface area contributed by atoms with Gasteiger partial charge in [-0.3, -0.25) is 9.59 Å². The molecule has 0 saturated carbocycles. The molecule has 0 aromatic heterocycles. The number of carbonyl (C=O) groups excluding carboxylic acids is 2. The second kappa shape index (κ2) is 9.90. The van der Waals surface area contributed by atoms with E-state index >= 15 is 0 Å². The molecule has 1 heterocycles. The molecule has 1 aliphatic heterocycles. The molecule has 4 rings (SSSR count). The predicted octanol–water partition coefficient (Wildman–Crippen LogP) is 4.24. The lowest BCUT2D eigenvalue weighted by Crippen LogP contribution is -2.50. The monoisotopic (exact) mass is 442 g/mol. The van der Waals surface area contributed by atoms with Gasteiger partial charge in [0.2, 0.25) is 11.8 Å². The average molecular weight is 443 g/mol. The summed E-state index contributed by atoms with van der Waals surface area (Å²) in [5.41, 5.74) is 9.50. The molecule has 170 valence electrons. The normalized spacial score (nSPS) is 15.1. The van der Waals surface area contributed by atoms with E-state index in [0.717, 1.165) is 22.3 Å². The highest BCUT2D eigenvalue weighted by Crippen LogP contribution is 2.36. The Morgan fingerprint density at radius 3 is 2.27 bits per heavy atom. The summed E-state index contributed by atoms with van der Waals surface area (Å²) in [5, 5.41) is 0. The number of carbonyl (C=O) groups is 2. The second-order valence-electron chi connectivity index (χ2n) is 8.76. The second-order valence-corrected chi connectivity index (χ2v) is 8.76. The third kappa shape index (κ3) is 5.08. The van der Waals surface area contributed by atoms with Crippen LogP contribution in [0.2, 0.25) is 0 Å². The number of nitrogens with zero attached hydrogens (tertiary/aromatic N) is 1. The maximum atomic E-state index is 12.9. The van der Waals surface area contributed by atoms with Crippen LogP contribution < -0.4 is 10.5 Å². The molecule has 0 spiro atoms. The van der Waals surface area contributed by atoms with Crippen molar-refractivity contribution in [1.29, 1.82) is 0 Å². The standard InChI is InChI=1S/C28H30N2O3/c1-33-25-13-6-5-11-24(25)19-26(31)30-16-14-28(15-17-30,27(29)32)20-21-8-7-12-23(18-21)22-9-3-2-4-10-22/h2-13,18H,14-17,19-20H2,1H3,(H2,29,32). The summed E-state index contributed by atoms with van der Waals surface area (Å²) < 4.78 is 5.37. The number of nitrogens with two attached hydrogens (primary N) is 1. The number of rotatable bonds is 7. The molecule has 0 unspecified atom stereocenters. The van der Waals surface area contributed by atoms with Crippen LogP contribution in [0.15, 0.2) is 78.9 Å². The first-order valence-electron chi connectivity index (χ1n) is 11.3. The Kier molecular flexibility index (Phi) is 6.78. The maximum Gasteiger partial charge on any atom is 0.227 e. The minimum absolute atomic E-state index is 0.0450. The van der Waals surface area contributed by atoms with Crippen molar-refractivity contribution in [2.75, 3.05) is 20.2 Å². The fraction of sp³-hybridized carbons (Fsp3) is 0.286. The van der Waals surface area contributed by atoms with Crippen LogP contribution in [0.1, 0.15) is 24.0 Å². The largest absolute Gasteiger partial charge is 0.496 e. The molecule has 0 bridgehead atoms. The van der Waals surface area contributed by atoms with E-state index in [2.05, 4.69) is 30.3 Å². The third-order valence-electron chi connectivity index (χ3n) is 6.71. The average Bonchev–Trinajstić information content (AvgIpc) is 2.85. The first kappa shape index (κ1) is 22.6. The van der Waals surface area contributed by atoms with Gasteiger partial charge in [0.25, 0.3) is 0 Å². The number of hydrogen-bond donors (Lipinski definition) is 1. The first-order chi connectivity index (χ1) is 16.0. The molecule has 3 aromatic rings. The van der Waals surface area contributed by atoms with Crippen LogP contribution in [0.3, 0.4) is 0 Å². The van der Waals surface area contributed by atoms with Gasteiger partial charge in [0, 0.05) is 18.7 Å². The van der Waals surface area contributed by atoms with Crippen molar-refractivity contribution in [3.05, 3.63) is 90.0 Å². The highest BCUT2D eigenvalue weighted by atomic mass is 16.5. The molecule has 0 aliphatic carbocycles. The Morgan fingerprint density at radius 2 is 1.58 bits per heavy atom. The van der Waals surface area contributed by atoms with Crippen LogP contribution >= 0.6 is 0 Å². The summed E-state index contributed by atoms with van der Waals surface area (Å²) in [6, 6.07) is 26.1. The zero-order valence-corrected chi connectivity index (χ0v) is 19.0. The summed E-state index contributed by atoms with van der Waals surface area (Å²) in [6.07, 6.45) is 2.00. The Morgan fingerprint density at radius 1 is 0.909 bits per heavy atom. The summed E-state index contributed by atoms with van der Waals surface area (Å²) in [5.74, 6) is 0.473. The number of methoxy groups -OCH3 is 1. The van der Waals surface area contributed by atoms with Crippen LogP contribution in [0.5, 0.6) is 5.75 Å². The van der Waals surface area contributed by atoms with Gasteiger partial charge in [0.05, 0.1) is 18.9 Å². The fourth-order valence-corrected chi connectivity index (χ4v) is 4.70. The van der Waals surface area contributed by atoms with Crippen LogP contribution in [0, 0.1) is 5.41 Å². The lowest BCUT2D eigenvalue weighted by Gasteiger charge is -2.40. The number of amides is 2. The van der Waals surface area contributed by atoms with Gasteiger partial charge < -0.3 is 15.4 Å². The molecule has 2 amide bonds. The molecule has 1 saturated heterocycles. The van der Waals surface area contributed by atoms with Crippen LogP contribution in [-0.4, -0.2) is 36.9 Å². The fourth-order valence-electron chi connectivity index (χ4n) is 4.70. The van der Waals surface area contributed by atoms with E-state index in [1.807, 2.05) is 53.4 Å². The van der Waals surface area contributed by atoms with Crippen molar-refractivity contribution in [1.82, 2.24) is 4.90 Å². The molecule has 3 aromatic carbocycles. The number of para-hydroxylation sites is 1. The van der Waals surface area contributed by atoms with Gasteiger partial charge in [-0.1, -0.05) is 72.8 Å².